The molecule has 0 saturated carbocycles. The van der Waals surface area contributed by atoms with Gasteiger partial charge in [0.2, 0.25) is 21.8 Å². The first kappa shape index (κ1) is 22.1. The number of benzene rings is 1. The van der Waals surface area contributed by atoms with E-state index in [0.717, 1.165) is 5.56 Å². The summed E-state index contributed by atoms with van der Waals surface area (Å²) in [7, 11) is -3.49. The highest BCUT2D eigenvalue weighted by Crippen LogP contribution is 2.16. The van der Waals surface area contributed by atoms with Gasteiger partial charge in [-0.1, -0.05) is 39.8 Å². The van der Waals surface area contributed by atoms with Crippen molar-refractivity contribution in [3.05, 3.63) is 29.8 Å². The molecule has 146 valence electrons. The zero-order valence-corrected chi connectivity index (χ0v) is 16.9. The van der Waals surface area contributed by atoms with E-state index in [9.17, 15) is 18.0 Å². The largest absolute Gasteiger partial charge is 0.350 e. The molecule has 0 aliphatic carbocycles. The molecule has 0 saturated heterocycles. The molecular weight excluding hydrogens is 354 g/mol. The third-order valence-electron chi connectivity index (χ3n) is 4.04. The fourth-order valence-electron chi connectivity index (χ4n) is 2.54. The van der Waals surface area contributed by atoms with E-state index < -0.39 is 16.1 Å². The van der Waals surface area contributed by atoms with Crippen LogP contribution in [-0.2, 0) is 26.2 Å². The van der Waals surface area contributed by atoms with E-state index >= 15 is 0 Å². The molecule has 0 aliphatic rings. The van der Waals surface area contributed by atoms with Gasteiger partial charge in [0.15, 0.2) is 0 Å². The van der Waals surface area contributed by atoms with Crippen LogP contribution >= 0.6 is 0 Å². The van der Waals surface area contributed by atoms with Crippen molar-refractivity contribution in [3.63, 3.8) is 0 Å². The van der Waals surface area contributed by atoms with Gasteiger partial charge in [-0.15, -0.1) is 0 Å². The summed E-state index contributed by atoms with van der Waals surface area (Å²) in [5.41, 5.74) is 0.780. The van der Waals surface area contributed by atoms with Gasteiger partial charge in [0.1, 0.15) is 6.04 Å². The predicted molar refractivity (Wildman–Crippen MR) is 101 cm³/mol. The minimum atomic E-state index is -3.49. The van der Waals surface area contributed by atoms with Crippen molar-refractivity contribution < 1.29 is 18.0 Å². The molecule has 0 heterocycles. The van der Waals surface area contributed by atoms with E-state index in [0.29, 0.717) is 13.1 Å². The first-order valence-electron chi connectivity index (χ1n) is 8.77. The summed E-state index contributed by atoms with van der Waals surface area (Å²) in [5.74, 6) is -0.569. The molecule has 0 aromatic heterocycles. The number of rotatable bonds is 9. The van der Waals surface area contributed by atoms with Crippen molar-refractivity contribution in [2.24, 2.45) is 5.92 Å². The van der Waals surface area contributed by atoms with Gasteiger partial charge in [0.05, 0.1) is 4.90 Å². The Morgan fingerprint density at radius 1 is 1.08 bits per heavy atom. The molecule has 0 bridgehead atoms. The minimum absolute atomic E-state index is 0.0412. The Hall–Kier alpha value is -1.93. The average Bonchev–Trinajstić information content (AvgIpc) is 2.58. The summed E-state index contributed by atoms with van der Waals surface area (Å²) >= 11 is 0. The van der Waals surface area contributed by atoms with Gasteiger partial charge < -0.3 is 10.6 Å². The number of nitrogens with one attached hydrogen (secondary N) is 2. The molecule has 2 amide bonds. The van der Waals surface area contributed by atoms with Crippen molar-refractivity contribution in [1.29, 1.82) is 0 Å². The molecule has 0 unspecified atom stereocenters. The average molecular weight is 384 g/mol. The van der Waals surface area contributed by atoms with E-state index in [2.05, 4.69) is 10.6 Å². The van der Waals surface area contributed by atoms with Crippen LogP contribution in [0.25, 0.3) is 0 Å². The van der Waals surface area contributed by atoms with Gasteiger partial charge in [-0.25, -0.2) is 8.42 Å². The fraction of sp³-hybridized carbons (Fsp3) is 0.556. The number of hydrogen-bond acceptors (Lipinski definition) is 4. The maximum Gasteiger partial charge on any atom is 0.243 e. The number of nitrogens with zero attached hydrogens (tertiary/aromatic N) is 1. The Morgan fingerprint density at radius 3 is 2.04 bits per heavy atom. The van der Waals surface area contributed by atoms with Gasteiger partial charge in [-0.3, -0.25) is 9.59 Å². The van der Waals surface area contributed by atoms with E-state index in [-0.39, 0.29) is 29.2 Å². The van der Waals surface area contributed by atoms with Crippen LogP contribution in [0.15, 0.2) is 29.2 Å². The zero-order chi connectivity index (χ0) is 19.9. The maximum absolute atomic E-state index is 12.5. The van der Waals surface area contributed by atoms with Crippen LogP contribution < -0.4 is 10.6 Å². The lowest BCUT2D eigenvalue weighted by molar-refractivity contribution is -0.129. The van der Waals surface area contributed by atoms with Gasteiger partial charge in [-0.2, -0.15) is 4.31 Å². The second kappa shape index (κ2) is 9.68. The molecule has 0 spiro atoms. The normalized spacial score (nSPS) is 12.9. The highest BCUT2D eigenvalue weighted by Gasteiger charge is 2.23. The summed E-state index contributed by atoms with van der Waals surface area (Å²) in [6, 6.07) is 5.85. The quantitative estimate of drug-likeness (QED) is 0.675. The molecule has 0 aliphatic heterocycles. The SMILES string of the molecule is CCN(CC)S(=O)(=O)c1ccc(CNC(=O)[C@H](NC(C)=O)C(C)C)cc1. The number of hydrogen-bond donors (Lipinski definition) is 2. The van der Waals surface area contributed by atoms with E-state index in [1.807, 2.05) is 13.8 Å². The molecule has 1 atom stereocenters. The van der Waals surface area contributed by atoms with Gasteiger partial charge in [0, 0.05) is 26.6 Å². The molecule has 0 radical (unpaired) electrons. The molecule has 26 heavy (non-hydrogen) atoms. The van der Waals surface area contributed by atoms with Crippen molar-refractivity contribution in [2.75, 3.05) is 13.1 Å². The van der Waals surface area contributed by atoms with Gasteiger partial charge in [-0.05, 0) is 23.6 Å². The predicted octanol–water partition coefficient (Wildman–Crippen LogP) is 1.49. The van der Waals surface area contributed by atoms with E-state index in [1.54, 1.807) is 38.1 Å². The molecule has 8 heteroatoms. The molecule has 7 nitrogen and oxygen atoms in total. The van der Waals surface area contributed by atoms with Crippen LogP contribution in [0.5, 0.6) is 0 Å². The second-order valence-corrected chi connectivity index (χ2v) is 8.31. The molecular formula is C18H29N3O4S. The van der Waals surface area contributed by atoms with Crippen molar-refractivity contribution in [1.82, 2.24) is 14.9 Å². The number of carbonyl (C=O) groups excluding carboxylic acids is 2. The summed E-state index contributed by atoms with van der Waals surface area (Å²) in [5, 5.41) is 5.41. The molecule has 1 aromatic rings. The first-order chi connectivity index (χ1) is 12.1. The van der Waals surface area contributed by atoms with Crippen LogP contribution in [0.1, 0.15) is 40.2 Å². The molecule has 1 rings (SSSR count). The van der Waals surface area contributed by atoms with Crippen LogP contribution in [-0.4, -0.2) is 43.7 Å². The Bertz CT molecular complexity index is 710. The second-order valence-electron chi connectivity index (χ2n) is 6.37. The number of carbonyl (C=O) groups is 2. The summed E-state index contributed by atoms with van der Waals surface area (Å²) in [6.07, 6.45) is 0. The molecule has 0 fully saturated rings. The lowest BCUT2D eigenvalue weighted by atomic mass is 10.0. The van der Waals surface area contributed by atoms with Crippen LogP contribution in [0, 0.1) is 5.92 Å². The highest BCUT2D eigenvalue weighted by atomic mass is 32.2. The standard InChI is InChI=1S/C18H29N3O4S/c1-6-21(7-2)26(24,25)16-10-8-15(9-11-16)12-19-18(23)17(13(3)4)20-14(5)22/h8-11,13,17H,6-7,12H2,1-5H3,(H,19,23)(H,20,22)/t17-/m1/s1. The zero-order valence-electron chi connectivity index (χ0n) is 16.1. The smallest absolute Gasteiger partial charge is 0.243 e. The summed E-state index contributed by atoms with van der Waals surface area (Å²) in [6.45, 7) is 9.76. The Labute approximate surface area is 156 Å². The Kier molecular flexibility index (Phi) is 8.23. The lowest BCUT2D eigenvalue weighted by Crippen LogP contribution is -2.48. The fourth-order valence-corrected chi connectivity index (χ4v) is 4.00. The minimum Gasteiger partial charge on any atom is -0.350 e. The lowest BCUT2D eigenvalue weighted by Gasteiger charge is -2.21. The Balaban J connectivity index is 2.79. The van der Waals surface area contributed by atoms with Gasteiger partial charge >= 0.3 is 0 Å². The summed E-state index contributed by atoms with van der Waals surface area (Å²) in [4.78, 5) is 23.7. The number of sulfonamides is 1. The van der Waals surface area contributed by atoms with Gasteiger partial charge in [0.25, 0.3) is 0 Å². The third kappa shape index (κ3) is 5.81. The van der Waals surface area contributed by atoms with Crippen LogP contribution in [0.2, 0.25) is 0 Å². The maximum atomic E-state index is 12.5. The Morgan fingerprint density at radius 2 is 1.62 bits per heavy atom. The van der Waals surface area contributed by atoms with Crippen molar-refractivity contribution in [2.45, 2.75) is 52.1 Å². The van der Waals surface area contributed by atoms with Crippen LogP contribution in [0.4, 0.5) is 0 Å². The van der Waals surface area contributed by atoms with E-state index in [1.165, 1.54) is 11.2 Å². The van der Waals surface area contributed by atoms with Crippen LogP contribution in [0.3, 0.4) is 0 Å². The first-order valence-corrected chi connectivity index (χ1v) is 10.2. The molecule has 2 N–H and O–H groups in total. The van der Waals surface area contributed by atoms with E-state index in [4.69, 9.17) is 0 Å². The third-order valence-corrected chi connectivity index (χ3v) is 6.11. The topological polar surface area (TPSA) is 95.6 Å². The summed E-state index contributed by atoms with van der Waals surface area (Å²) < 4.78 is 26.3. The molecule has 1 aromatic carbocycles. The monoisotopic (exact) mass is 383 g/mol. The number of amides is 2. The highest BCUT2D eigenvalue weighted by molar-refractivity contribution is 7.89. The van der Waals surface area contributed by atoms with Crippen molar-refractivity contribution >= 4 is 21.8 Å². The van der Waals surface area contributed by atoms with Crippen molar-refractivity contribution in [3.8, 4) is 0 Å².